The molecule has 0 atom stereocenters. The first-order chi connectivity index (χ1) is 9.50. The molecule has 1 aliphatic rings. The summed E-state index contributed by atoms with van der Waals surface area (Å²) in [5.74, 6) is -0.644. The first-order valence-corrected chi connectivity index (χ1v) is 6.95. The Kier molecular flexibility index (Phi) is 4.27. The van der Waals surface area contributed by atoms with Crippen molar-refractivity contribution in [3.05, 3.63) is 29.3 Å². The van der Waals surface area contributed by atoms with E-state index in [1.807, 2.05) is 26.0 Å². The topological polar surface area (TPSA) is 75.4 Å². The SMILES string of the molecule is CC(C)N(CC(N)=O)C(=O)c1cccc2c1NCCC2. The summed E-state index contributed by atoms with van der Waals surface area (Å²) >= 11 is 0. The van der Waals surface area contributed by atoms with Crippen LogP contribution in [-0.2, 0) is 11.2 Å². The molecule has 0 saturated heterocycles. The first-order valence-electron chi connectivity index (χ1n) is 6.95. The van der Waals surface area contributed by atoms with Gasteiger partial charge in [0.2, 0.25) is 5.91 Å². The van der Waals surface area contributed by atoms with E-state index in [2.05, 4.69) is 5.32 Å². The molecule has 0 spiro atoms. The van der Waals surface area contributed by atoms with Crippen molar-refractivity contribution in [2.24, 2.45) is 5.73 Å². The van der Waals surface area contributed by atoms with Gasteiger partial charge in [-0.2, -0.15) is 0 Å². The molecule has 0 saturated carbocycles. The lowest BCUT2D eigenvalue weighted by atomic mass is 9.98. The van der Waals surface area contributed by atoms with Crippen LogP contribution in [0.2, 0.25) is 0 Å². The van der Waals surface area contributed by atoms with E-state index in [4.69, 9.17) is 5.73 Å². The van der Waals surface area contributed by atoms with Crippen molar-refractivity contribution in [3.8, 4) is 0 Å². The molecule has 0 aliphatic carbocycles. The van der Waals surface area contributed by atoms with Crippen molar-refractivity contribution < 1.29 is 9.59 Å². The molecule has 0 aromatic heterocycles. The number of carbonyl (C=O) groups is 2. The number of benzene rings is 1. The highest BCUT2D eigenvalue weighted by molar-refractivity contribution is 6.02. The third-order valence-corrected chi connectivity index (χ3v) is 3.52. The fourth-order valence-corrected chi connectivity index (χ4v) is 2.50. The van der Waals surface area contributed by atoms with Gasteiger partial charge in [-0.25, -0.2) is 0 Å². The molecule has 0 unspecified atom stereocenters. The number of hydrogen-bond donors (Lipinski definition) is 2. The van der Waals surface area contributed by atoms with E-state index < -0.39 is 5.91 Å². The Morgan fingerprint density at radius 3 is 2.80 bits per heavy atom. The van der Waals surface area contributed by atoms with E-state index in [-0.39, 0.29) is 18.5 Å². The van der Waals surface area contributed by atoms with Gasteiger partial charge in [0.05, 0.1) is 17.8 Å². The third kappa shape index (κ3) is 2.92. The summed E-state index contributed by atoms with van der Waals surface area (Å²) in [5, 5.41) is 3.30. The Morgan fingerprint density at radius 2 is 2.15 bits per heavy atom. The zero-order valence-electron chi connectivity index (χ0n) is 12.0. The first kappa shape index (κ1) is 14.4. The average Bonchev–Trinajstić information content (AvgIpc) is 2.43. The lowest BCUT2D eigenvalue weighted by Gasteiger charge is -2.28. The van der Waals surface area contributed by atoms with E-state index in [9.17, 15) is 9.59 Å². The van der Waals surface area contributed by atoms with Crippen LogP contribution in [0.4, 0.5) is 5.69 Å². The van der Waals surface area contributed by atoms with Crippen LogP contribution < -0.4 is 11.1 Å². The molecule has 108 valence electrons. The second kappa shape index (κ2) is 5.94. The summed E-state index contributed by atoms with van der Waals surface area (Å²) < 4.78 is 0. The van der Waals surface area contributed by atoms with E-state index in [0.29, 0.717) is 5.56 Å². The van der Waals surface area contributed by atoms with Crippen LogP contribution in [0.15, 0.2) is 18.2 Å². The number of hydrogen-bond acceptors (Lipinski definition) is 3. The monoisotopic (exact) mass is 275 g/mol. The maximum Gasteiger partial charge on any atom is 0.256 e. The number of para-hydroxylation sites is 1. The summed E-state index contributed by atoms with van der Waals surface area (Å²) in [6, 6.07) is 5.65. The maximum atomic E-state index is 12.7. The molecule has 2 rings (SSSR count). The molecule has 1 aromatic rings. The van der Waals surface area contributed by atoms with Crippen molar-refractivity contribution in [3.63, 3.8) is 0 Å². The molecule has 0 fully saturated rings. The zero-order valence-corrected chi connectivity index (χ0v) is 12.0. The molecule has 1 heterocycles. The van der Waals surface area contributed by atoms with Gasteiger partial charge in [-0.3, -0.25) is 9.59 Å². The summed E-state index contributed by atoms with van der Waals surface area (Å²) in [6.07, 6.45) is 2.04. The zero-order chi connectivity index (χ0) is 14.7. The minimum Gasteiger partial charge on any atom is -0.384 e. The molecular weight excluding hydrogens is 254 g/mol. The highest BCUT2D eigenvalue weighted by atomic mass is 16.2. The van der Waals surface area contributed by atoms with Crippen molar-refractivity contribution in [1.82, 2.24) is 4.90 Å². The van der Waals surface area contributed by atoms with Gasteiger partial charge in [0, 0.05) is 12.6 Å². The number of nitrogens with two attached hydrogens (primary N) is 1. The molecule has 1 aromatic carbocycles. The van der Waals surface area contributed by atoms with Gasteiger partial charge in [-0.05, 0) is 38.3 Å². The van der Waals surface area contributed by atoms with Gasteiger partial charge in [-0.15, -0.1) is 0 Å². The summed E-state index contributed by atoms with van der Waals surface area (Å²) in [4.78, 5) is 25.3. The molecule has 2 amide bonds. The Hall–Kier alpha value is -2.04. The molecule has 0 radical (unpaired) electrons. The van der Waals surface area contributed by atoms with Crippen LogP contribution in [0.1, 0.15) is 36.2 Å². The van der Waals surface area contributed by atoms with Crippen LogP contribution in [-0.4, -0.2) is 35.8 Å². The van der Waals surface area contributed by atoms with E-state index in [0.717, 1.165) is 30.6 Å². The van der Waals surface area contributed by atoms with Gasteiger partial charge in [0.15, 0.2) is 0 Å². The quantitative estimate of drug-likeness (QED) is 0.871. The van der Waals surface area contributed by atoms with Crippen molar-refractivity contribution >= 4 is 17.5 Å². The molecule has 3 N–H and O–H groups in total. The number of aryl methyl sites for hydroxylation is 1. The Morgan fingerprint density at radius 1 is 1.40 bits per heavy atom. The maximum absolute atomic E-state index is 12.7. The molecule has 0 bridgehead atoms. The van der Waals surface area contributed by atoms with Crippen molar-refractivity contribution in [2.75, 3.05) is 18.4 Å². The molecule has 5 heteroatoms. The van der Waals surface area contributed by atoms with Gasteiger partial charge in [0.1, 0.15) is 0 Å². The molecule has 1 aliphatic heterocycles. The van der Waals surface area contributed by atoms with Gasteiger partial charge in [0.25, 0.3) is 5.91 Å². The minimum atomic E-state index is -0.496. The van der Waals surface area contributed by atoms with Gasteiger partial charge in [-0.1, -0.05) is 12.1 Å². The summed E-state index contributed by atoms with van der Waals surface area (Å²) in [5.41, 5.74) is 7.92. The highest BCUT2D eigenvalue weighted by Crippen LogP contribution is 2.27. The number of primary amides is 1. The number of fused-ring (bicyclic) bond motifs is 1. The lowest BCUT2D eigenvalue weighted by molar-refractivity contribution is -0.119. The second-order valence-corrected chi connectivity index (χ2v) is 5.36. The number of rotatable bonds is 4. The van der Waals surface area contributed by atoms with Crippen LogP contribution in [0.5, 0.6) is 0 Å². The Bertz CT molecular complexity index is 526. The fraction of sp³-hybridized carbons (Fsp3) is 0.467. The Balaban J connectivity index is 2.34. The van der Waals surface area contributed by atoms with Crippen molar-refractivity contribution in [1.29, 1.82) is 0 Å². The van der Waals surface area contributed by atoms with Gasteiger partial charge < -0.3 is 16.0 Å². The smallest absolute Gasteiger partial charge is 0.256 e. The number of amides is 2. The summed E-state index contributed by atoms with van der Waals surface area (Å²) in [6.45, 7) is 4.57. The normalized spacial score (nSPS) is 13.6. The molecule has 20 heavy (non-hydrogen) atoms. The largest absolute Gasteiger partial charge is 0.384 e. The Labute approximate surface area is 119 Å². The number of nitrogens with one attached hydrogen (secondary N) is 1. The van der Waals surface area contributed by atoms with E-state index >= 15 is 0 Å². The minimum absolute atomic E-state index is 0.0554. The van der Waals surface area contributed by atoms with Crippen LogP contribution in [0, 0.1) is 0 Å². The second-order valence-electron chi connectivity index (χ2n) is 5.36. The van der Waals surface area contributed by atoms with Crippen molar-refractivity contribution in [2.45, 2.75) is 32.7 Å². The fourth-order valence-electron chi connectivity index (χ4n) is 2.50. The summed E-state index contributed by atoms with van der Waals surface area (Å²) in [7, 11) is 0. The van der Waals surface area contributed by atoms with Crippen LogP contribution in [0.3, 0.4) is 0 Å². The predicted octanol–water partition coefficient (Wildman–Crippen LogP) is 1.38. The third-order valence-electron chi connectivity index (χ3n) is 3.52. The predicted molar refractivity (Wildman–Crippen MR) is 78.6 cm³/mol. The van der Waals surface area contributed by atoms with E-state index in [1.165, 1.54) is 4.90 Å². The number of nitrogens with zero attached hydrogens (tertiary/aromatic N) is 1. The van der Waals surface area contributed by atoms with Crippen LogP contribution in [0.25, 0.3) is 0 Å². The van der Waals surface area contributed by atoms with Crippen LogP contribution >= 0.6 is 0 Å². The lowest BCUT2D eigenvalue weighted by Crippen LogP contribution is -2.43. The highest BCUT2D eigenvalue weighted by Gasteiger charge is 2.24. The average molecular weight is 275 g/mol. The van der Waals surface area contributed by atoms with Gasteiger partial charge >= 0.3 is 0 Å². The number of carbonyl (C=O) groups excluding carboxylic acids is 2. The molecule has 5 nitrogen and oxygen atoms in total. The van der Waals surface area contributed by atoms with E-state index in [1.54, 1.807) is 6.07 Å². The standard InChI is InChI=1S/C15H21N3O2/c1-10(2)18(9-13(16)19)15(20)12-7-3-5-11-6-4-8-17-14(11)12/h3,5,7,10,17H,4,6,8-9H2,1-2H3,(H2,16,19). The molecular formula is C15H21N3O2. The number of anilines is 1.